The Morgan fingerprint density at radius 2 is 1.94 bits per heavy atom. The summed E-state index contributed by atoms with van der Waals surface area (Å²) in [5.74, 6) is 1.71. The molecule has 1 aromatic carbocycles. The van der Waals surface area contributed by atoms with Crippen LogP contribution in [0.15, 0.2) is 24.3 Å². The first-order valence-corrected chi connectivity index (χ1v) is 6.58. The maximum Gasteiger partial charge on any atom is 0.119 e. The molecule has 0 aliphatic rings. The second-order valence-electron chi connectivity index (χ2n) is 4.59. The molecule has 0 fully saturated rings. The third-order valence-electron chi connectivity index (χ3n) is 3.46. The van der Waals surface area contributed by atoms with Crippen LogP contribution < -0.4 is 10.1 Å². The van der Waals surface area contributed by atoms with Crippen molar-refractivity contribution in [3.63, 3.8) is 0 Å². The summed E-state index contributed by atoms with van der Waals surface area (Å²) >= 11 is 0. The van der Waals surface area contributed by atoms with Gasteiger partial charge in [0.2, 0.25) is 0 Å². The quantitative estimate of drug-likeness (QED) is 0.776. The van der Waals surface area contributed by atoms with Crippen LogP contribution in [0.4, 0.5) is 0 Å². The molecule has 1 N–H and O–H groups in total. The lowest BCUT2D eigenvalue weighted by molar-refractivity contribution is 0.408. The fraction of sp³-hybridized carbons (Fsp3) is 0.600. The number of methoxy groups -OCH3 is 1. The molecule has 1 aromatic rings. The lowest BCUT2D eigenvalue weighted by Gasteiger charge is -2.19. The van der Waals surface area contributed by atoms with E-state index in [1.54, 1.807) is 7.11 Å². The first-order chi connectivity index (χ1) is 8.21. The van der Waals surface area contributed by atoms with Crippen LogP contribution in [0.25, 0.3) is 0 Å². The van der Waals surface area contributed by atoms with Crippen LogP contribution in [0.3, 0.4) is 0 Å². The van der Waals surface area contributed by atoms with Crippen LogP contribution in [0.1, 0.15) is 45.2 Å². The Morgan fingerprint density at radius 3 is 2.53 bits per heavy atom. The summed E-state index contributed by atoms with van der Waals surface area (Å²) in [6.07, 6.45) is 2.49. The lowest BCUT2D eigenvalue weighted by Crippen LogP contribution is -2.25. The highest BCUT2D eigenvalue weighted by Crippen LogP contribution is 2.19. The number of hydrogen-bond donors (Lipinski definition) is 1. The minimum absolute atomic E-state index is 0.380. The highest BCUT2D eigenvalue weighted by molar-refractivity contribution is 5.30. The summed E-state index contributed by atoms with van der Waals surface area (Å²) in [5.41, 5.74) is 1.29. The Hall–Kier alpha value is -1.02. The fourth-order valence-corrected chi connectivity index (χ4v) is 1.95. The maximum absolute atomic E-state index is 5.25. The van der Waals surface area contributed by atoms with E-state index in [0.717, 1.165) is 18.2 Å². The lowest BCUT2D eigenvalue weighted by atomic mass is 10.0. The van der Waals surface area contributed by atoms with Crippen molar-refractivity contribution in [3.05, 3.63) is 29.8 Å². The van der Waals surface area contributed by atoms with E-state index in [9.17, 15) is 0 Å². The Kier molecular flexibility index (Phi) is 6.06. The van der Waals surface area contributed by atoms with E-state index in [-0.39, 0.29) is 0 Å². The second-order valence-corrected chi connectivity index (χ2v) is 4.59. The SMILES string of the molecule is CCC(CC)CNC(C)c1cccc(OC)c1. The van der Waals surface area contributed by atoms with E-state index in [4.69, 9.17) is 4.74 Å². The van der Waals surface area contributed by atoms with Crippen LogP contribution in [-0.4, -0.2) is 13.7 Å². The summed E-state index contributed by atoms with van der Waals surface area (Å²) < 4.78 is 5.25. The van der Waals surface area contributed by atoms with Gasteiger partial charge in [0.25, 0.3) is 0 Å². The van der Waals surface area contributed by atoms with Crippen molar-refractivity contribution in [2.45, 2.75) is 39.7 Å². The molecule has 0 aromatic heterocycles. The molecule has 0 heterocycles. The van der Waals surface area contributed by atoms with Crippen molar-refractivity contribution < 1.29 is 4.74 Å². The van der Waals surface area contributed by atoms with Crippen LogP contribution in [0.2, 0.25) is 0 Å². The summed E-state index contributed by atoms with van der Waals surface area (Å²) in [6.45, 7) is 7.81. The fourth-order valence-electron chi connectivity index (χ4n) is 1.95. The average Bonchev–Trinajstić information content (AvgIpc) is 2.39. The van der Waals surface area contributed by atoms with Crippen LogP contribution >= 0.6 is 0 Å². The minimum atomic E-state index is 0.380. The van der Waals surface area contributed by atoms with Crippen LogP contribution in [0.5, 0.6) is 5.75 Å². The van der Waals surface area contributed by atoms with Gasteiger partial charge in [-0.2, -0.15) is 0 Å². The van der Waals surface area contributed by atoms with Gasteiger partial charge in [-0.05, 0) is 37.1 Å². The topological polar surface area (TPSA) is 21.3 Å². The number of ether oxygens (including phenoxy) is 1. The molecule has 1 atom stereocenters. The predicted octanol–water partition coefficient (Wildman–Crippen LogP) is 3.78. The van der Waals surface area contributed by atoms with E-state index in [1.807, 2.05) is 12.1 Å². The highest BCUT2D eigenvalue weighted by atomic mass is 16.5. The molecule has 2 heteroatoms. The van der Waals surface area contributed by atoms with Crippen molar-refractivity contribution in [1.82, 2.24) is 5.32 Å². The zero-order valence-electron chi connectivity index (χ0n) is 11.5. The summed E-state index contributed by atoms with van der Waals surface area (Å²) in [5, 5.41) is 3.60. The molecule has 96 valence electrons. The Morgan fingerprint density at radius 1 is 1.24 bits per heavy atom. The van der Waals surface area contributed by atoms with Crippen molar-refractivity contribution in [2.75, 3.05) is 13.7 Å². The Labute approximate surface area is 105 Å². The maximum atomic E-state index is 5.25. The normalized spacial score (nSPS) is 12.8. The van der Waals surface area contributed by atoms with E-state index in [1.165, 1.54) is 18.4 Å². The Balaban J connectivity index is 2.53. The zero-order chi connectivity index (χ0) is 12.7. The summed E-state index contributed by atoms with van der Waals surface area (Å²) in [6, 6.07) is 8.66. The summed E-state index contributed by atoms with van der Waals surface area (Å²) in [4.78, 5) is 0. The Bertz CT molecular complexity index is 320. The van der Waals surface area contributed by atoms with Gasteiger partial charge >= 0.3 is 0 Å². The smallest absolute Gasteiger partial charge is 0.119 e. The third-order valence-corrected chi connectivity index (χ3v) is 3.46. The monoisotopic (exact) mass is 235 g/mol. The molecule has 2 nitrogen and oxygen atoms in total. The van der Waals surface area contributed by atoms with Gasteiger partial charge in [-0.1, -0.05) is 38.8 Å². The van der Waals surface area contributed by atoms with Crippen LogP contribution in [-0.2, 0) is 0 Å². The zero-order valence-corrected chi connectivity index (χ0v) is 11.5. The van der Waals surface area contributed by atoms with Gasteiger partial charge in [0.1, 0.15) is 5.75 Å². The van der Waals surface area contributed by atoms with Crippen molar-refractivity contribution in [1.29, 1.82) is 0 Å². The van der Waals surface area contributed by atoms with Gasteiger partial charge < -0.3 is 10.1 Å². The van der Waals surface area contributed by atoms with Crippen molar-refractivity contribution in [3.8, 4) is 5.75 Å². The number of rotatable bonds is 7. The van der Waals surface area contributed by atoms with E-state index < -0.39 is 0 Å². The van der Waals surface area contributed by atoms with Crippen molar-refractivity contribution in [2.24, 2.45) is 5.92 Å². The molecule has 0 spiro atoms. The first-order valence-electron chi connectivity index (χ1n) is 6.58. The molecule has 1 unspecified atom stereocenters. The molecule has 1 rings (SSSR count). The second kappa shape index (κ2) is 7.33. The van der Waals surface area contributed by atoms with E-state index in [2.05, 4.69) is 38.2 Å². The molecular weight excluding hydrogens is 210 g/mol. The molecule has 0 aliphatic carbocycles. The third kappa shape index (κ3) is 4.39. The van der Waals surface area contributed by atoms with Gasteiger partial charge in [-0.3, -0.25) is 0 Å². The molecule has 0 bridgehead atoms. The highest BCUT2D eigenvalue weighted by Gasteiger charge is 2.08. The van der Waals surface area contributed by atoms with Crippen molar-refractivity contribution >= 4 is 0 Å². The van der Waals surface area contributed by atoms with E-state index >= 15 is 0 Å². The molecule has 0 amide bonds. The predicted molar refractivity (Wildman–Crippen MR) is 73.5 cm³/mol. The van der Waals surface area contributed by atoms with Crippen LogP contribution in [0, 0.1) is 5.92 Å². The number of benzene rings is 1. The van der Waals surface area contributed by atoms with Gasteiger partial charge in [-0.25, -0.2) is 0 Å². The first kappa shape index (κ1) is 14.0. The number of hydrogen-bond acceptors (Lipinski definition) is 2. The van der Waals surface area contributed by atoms with Gasteiger partial charge in [0, 0.05) is 6.04 Å². The molecule has 17 heavy (non-hydrogen) atoms. The molecule has 0 aliphatic heterocycles. The molecular formula is C15H25NO. The largest absolute Gasteiger partial charge is 0.497 e. The average molecular weight is 235 g/mol. The minimum Gasteiger partial charge on any atom is -0.497 e. The molecule has 0 radical (unpaired) electrons. The van der Waals surface area contributed by atoms with Gasteiger partial charge in [-0.15, -0.1) is 0 Å². The standard InChI is InChI=1S/C15H25NO/c1-5-13(6-2)11-16-12(3)14-8-7-9-15(10-14)17-4/h7-10,12-13,16H,5-6,11H2,1-4H3. The van der Waals surface area contributed by atoms with Gasteiger partial charge in [0.15, 0.2) is 0 Å². The summed E-state index contributed by atoms with van der Waals surface area (Å²) in [7, 11) is 1.71. The van der Waals surface area contributed by atoms with Gasteiger partial charge in [0.05, 0.1) is 7.11 Å². The molecule has 0 saturated carbocycles. The molecule has 0 saturated heterocycles. The van der Waals surface area contributed by atoms with E-state index in [0.29, 0.717) is 6.04 Å². The number of nitrogens with one attached hydrogen (secondary N) is 1.